The molecule has 0 bridgehead atoms. The van der Waals surface area contributed by atoms with Gasteiger partial charge in [0.1, 0.15) is 12.4 Å². The zero-order valence-corrected chi connectivity index (χ0v) is 15.9. The number of benzene rings is 2. The second-order valence-electron chi connectivity index (χ2n) is 5.85. The van der Waals surface area contributed by atoms with Crippen LogP contribution in [0.1, 0.15) is 15.3 Å². The maximum absolute atomic E-state index is 5.54. The summed E-state index contributed by atoms with van der Waals surface area (Å²) in [5.41, 5.74) is 2.34. The first kappa shape index (κ1) is 16.8. The van der Waals surface area contributed by atoms with Gasteiger partial charge in [-0.3, -0.25) is 0 Å². The van der Waals surface area contributed by atoms with Gasteiger partial charge in [-0.25, -0.2) is 0 Å². The van der Waals surface area contributed by atoms with E-state index in [4.69, 9.17) is 4.74 Å². The summed E-state index contributed by atoms with van der Waals surface area (Å²) in [7, 11) is 0. The third-order valence-corrected chi connectivity index (χ3v) is 6.05. The van der Waals surface area contributed by atoms with E-state index in [-0.39, 0.29) is 0 Å². The van der Waals surface area contributed by atoms with Crippen LogP contribution in [0.2, 0.25) is 0 Å². The highest BCUT2D eigenvalue weighted by Gasteiger charge is 2.08. The summed E-state index contributed by atoms with van der Waals surface area (Å²) in [6.45, 7) is 4.75. The molecule has 2 aromatic heterocycles. The van der Waals surface area contributed by atoms with Crippen molar-refractivity contribution in [2.24, 2.45) is 0 Å². The Morgan fingerprint density at radius 1 is 0.846 bits per heavy atom. The van der Waals surface area contributed by atoms with E-state index in [0.717, 1.165) is 11.3 Å². The van der Waals surface area contributed by atoms with Gasteiger partial charge in [-0.15, -0.1) is 22.7 Å². The third kappa shape index (κ3) is 3.50. The number of rotatable bonds is 2. The third-order valence-electron chi connectivity index (χ3n) is 4.19. The summed E-state index contributed by atoms with van der Waals surface area (Å²) in [6.07, 6.45) is 4.19. The predicted molar refractivity (Wildman–Crippen MR) is 115 cm³/mol. The topological polar surface area (TPSA) is 9.23 Å². The van der Waals surface area contributed by atoms with Crippen LogP contribution in [0, 0.1) is 0 Å². The predicted octanol–water partition coefficient (Wildman–Crippen LogP) is 7.12. The van der Waals surface area contributed by atoms with Crippen LogP contribution in [0.4, 0.5) is 0 Å². The molecular formula is C23H18OS2. The minimum absolute atomic E-state index is 0.686. The van der Waals surface area contributed by atoms with Gasteiger partial charge in [-0.05, 0) is 45.8 Å². The van der Waals surface area contributed by atoms with Crippen molar-refractivity contribution in [3.8, 4) is 5.75 Å². The van der Waals surface area contributed by atoms with Gasteiger partial charge in [0.2, 0.25) is 0 Å². The average Bonchev–Trinajstić information content (AvgIpc) is 3.42. The molecule has 0 N–H and O–H groups in total. The maximum atomic E-state index is 5.54. The molecule has 4 aromatic rings. The second-order valence-corrected chi connectivity index (χ2v) is 7.74. The molecule has 1 aliphatic rings. The summed E-state index contributed by atoms with van der Waals surface area (Å²) in [5.74, 6) is 0.992. The number of hydrogen-bond acceptors (Lipinski definition) is 3. The average molecular weight is 375 g/mol. The minimum atomic E-state index is 0.686. The summed E-state index contributed by atoms with van der Waals surface area (Å²) < 4.78 is 5.54. The van der Waals surface area contributed by atoms with Crippen LogP contribution >= 0.6 is 22.7 Å². The molecule has 5 rings (SSSR count). The Morgan fingerprint density at radius 2 is 1.58 bits per heavy atom. The molecule has 1 nitrogen and oxygen atoms in total. The first-order valence-corrected chi connectivity index (χ1v) is 10.2. The molecule has 0 saturated heterocycles. The summed E-state index contributed by atoms with van der Waals surface area (Å²) >= 11 is 3.47. The highest BCUT2D eigenvalue weighted by atomic mass is 32.1. The monoisotopic (exact) mass is 374 g/mol. The minimum Gasteiger partial charge on any atom is -0.489 e. The zero-order valence-electron chi connectivity index (χ0n) is 14.2. The Balaban J connectivity index is 0.000000131. The molecule has 1 aliphatic heterocycles. The summed E-state index contributed by atoms with van der Waals surface area (Å²) in [6, 6.07) is 20.8. The largest absolute Gasteiger partial charge is 0.489 e. The first-order valence-electron chi connectivity index (χ1n) is 8.40. The van der Waals surface area contributed by atoms with Gasteiger partial charge in [0.15, 0.2) is 0 Å². The van der Waals surface area contributed by atoms with Crippen molar-refractivity contribution < 1.29 is 4.74 Å². The second kappa shape index (κ2) is 7.73. The molecule has 2 aromatic carbocycles. The highest BCUT2D eigenvalue weighted by Crippen LogP contribution is 2.31. The quantitative estimate of drug-likeness (QED) is 0.363. The van der Waals surface area contributed by atoms with Crippen LogP contribution in [0.5, 0.6) is 5.75 Å². The molecule has 0 saturated carbocycles. The van der Waals surface area contributed by atoms with Gasteiger partial charge < -0.3 is 4.74 Å². The van der Waals surface area contributed by atoms with Crippen molar-refractivity contribution in [2.75, 3.05) is 6.61 Å². The molecular weight excluding hydrogens is 356 g/mol. The molecule has 128 valence electrons. The van der Waals surface area contributed by atoms with Crippen molar-refractivity contribution >= 4 is 45.1 Å². The van der Waals surface area contributed by atoms with Gasteiger partial charge >= 0.3 is 0 Å². The van der Waals surface area contributed by atoms with Crippen LogP contribution in [0.3, 0.4) is 0 Å². The Bertz CT molecular complexity index is 1000. The molecule has 0 atom stereocenters. The fourth-order valence-electron chi connectivity index (χ4n) is 2.90. The molecule has 0 unspecified atom stereocenters. The van der Waals surface area contributed by atoms with Gasteiger partial charge in [-0.1, -0.05) is 55.1 Å². The first-order chi connectivity index (χ1) is 12.8. The SMILES string of the molecule is C1=Cc2c(ccc3ccccc23)OC1.C=C(c1cccs1)c1cccs1. The molecule has 0 radical (unpaired) electrons. The summed E-state index contributed by atoms with van der Waals surface area (Å²) in [5, 5.41) is 6.68. The van der Waals surface area contributed by atoms with E-state index < -0.39 is 0 Å². The smallest absolute Gasteiger partial charge is 0.127 e. The van der Waals surface area contributed by atoms with Crippen LogP contribution in [-0.4, -0.2) is 6.61 Å². The Hall–Kier alpha value is -2.62. The zero-order chi connectivity index (χ0) is 17.8. The Morgan fingerprint density at radius 3 is 2.27 bits per heavy atom. The molecule has 3 heterocycles. The lowest BCUT2D eigenvalue weighted by Crippen LogP contribution is -2.00. The molecule has 0 amide bonds. The highest BCUT2D eigenvalue weighted by molar-refractivity contribution is 7.13. The van der Waals surface area contributed by atoms with E-state index in [2.05, 4.69) is 84.1 Å². The standard InChI is InChI=1S/C13H10O.C10H8S2/c1-2-5-11-10(4-1)7-8-13-12(11)6-3-9-14-13;1-8(9-4-2-6-11-9)10-5-3-7-12-10/h1-8H,9H2;2-7H,1H2. The van der Waals surface area contributed by atoms with Gasteiger partial charge in [0.05, 0.1) is 0 Å². The number of ether oxygens (including phenoxy) is 1. The molecule has 26 heavy (non-hydrogen) atoms. The van der Waals surface area contributed by atoms with Crippen molar-refractivity contribution in [2.45, 2.75) is 0 Å². The molecule has 0 aliphatic carbocycles. The Labute approximate surface area is 161 Å². The van der Waals surface area contributed by atoms with E-state index >= 15 is 0 Å². The van der Waals surface area contributed by atoms with Crippen molar-refractivity contribution in [3.63, 3.8) is 0 Å². The lowest BCUT2D eigenvalue weighted by Gasteiger charge is -2.14. The van der Waals surface area contributed by atoms with Crippen LogP contribution in [-0.2, 0) is 0 Å². The van der Waals surface area contributed by atoms with Crippen molar-refractivity contribution in [3.05, 3.63) is 99.4 Å². The van der Waals surface area contributed by atoms with Gasteiger partial charge in [-0.2, -0.15) is 0 Å². The lowest BCUT2D eigenvalue weighted by molar-refractivity contribution is 0.359. The molecule has 0 spiro atoms. The van der Waals surface area contributed by atoms with Crippen molar-refractivity contribution in [1.29, 1.82) is 0 Å². The van der Waals surface area contributed by atoms with Crippen LogP contribution in [0.25, 0.3) is 22.4 Å². The lowest BCUT2D eigenvalue weighted by atomic mass is 10.0. The number of fused-ring (bicyclic) bond motifs is 3. The van der Waals surface area contributed by atoms with Crippen LogP contribution in [0.15, 0.2) is 84.1 Å². The van der Waals surface area contributed by atoms with E-state index in [1.54, 1.807) is 22.7 Å². The molecule has 0 fully saturated rings. The fraction of sp³-hybridized carbons (Fsp3) is 0.0435. The van der Waals surface area contributed by atoms with E-state index in [0.29, 0.717) is 6.61 Å². The maximum Gasteiger partial charge on any atom is 0.127 e. The Kier molecular flexibility index (Phi) is 5.00. The summed E-state index contributed by atoms with van der Waals surface area (Å²) in [4.78, 5) is 2.52. The van der Waals surface area contributed by atoms with E-state index in [1.807, 2.05) is 6.07 Å². The van der Waals surface area contributed by atoms with E-state index in [1.165, 1.54) is 26.1 Å². The molecule has 3 heteroatoms. The van der Waals surface area contributed by atoms with Gasteiger partial charge in [0.25, 0.3) is 0 Å². The fourth-order valence-corrected chi connectivity index (χ4v) is 4.39. The number of thiophene rings is 2. The van der Waals surface area contributed by atoms with Crippen LogP contribution < -0.4 is 4.74 Å². The van der Waals surface area contributed by atoms with Gasteiger partial charge in [0, 0.05) is 20.9 Å². The number of hydrogen-bond donors (Lipinski definition) is 0. The van der Waals surface area contributed by atoms with E-state index in [9.17, 15) is 0 Å². The normalized spacial score (nSPS) is 12.0. The van der Waals surface area contributed by atoms with Crippen molar-refractivity contribution in [1.82, 2.24) is 0 Å².